The van der Waals surface area contributed by atoms with Crippen molar-refractivity contribution >= 4 is 28.8 Å². The number of ether oxygens (including phenoxy) is 2. The lowest BCUT2D eigenvalue weighted by atomic mass is 10.1. The third-order valence-corrected chi connectivity index (χ3v) is 6.73. The molecule has 202 valence electrons. The van der Waals surface area contributed by atoms with Crippen molar-refractivity contribution in [2.45, 2.75) is 12.5 Å². The molecule has 2 aromatic heterocycles. The summed E-state index contributed by atoms with van der Waals surface area (Å²) in [5, 5.41) is 21.2. The van der Waals surface area contributed by atoms with E-state index in [0.717, 1.165) is 11.3 Å². The lowest BCUT2D eigenvalue weighted by molar-refractivity contribution is -0.125. The Kier molecular flexibility index (Phi) is 7.28. The highest BCUT2D eigenvalue weighted by atomic mass is 16.5. The molecule has 2 N–H and O–H groups in total. The van der Waals surface area contributed by atoms with Crippen LogP contribution < -0.4 is 14.8 Å². The number of H-pyrrole nitrogens is 1. The van der Waals surface area contributed by atoms with Crippen molar-refractivity contribution in [1.82, 2.24) is 20.1 Å². The second-order valence-corrected chi connectivity index (χ2v) is 9.56. The average molecular weight is 543 g/mol. The van der Waals surface area contributed by atoms with Crippen LogP contribution in [0.1, 0.15) is 12.0 Å². The molecule has 0 radical (unpaired) electrons. The second kappa shape index (κ2) is 11.6. The smallest absolute Gasteiger partial charge is 0.264 e. The quantitative estimate of drug-likeness (QED) is 0.178. The Hall–Kier alpha value is -5.62. The number of carbonyl (C=O) groups is 1. The van der Waals surface area contributed by atoms with Gasteiger partial charge < -0.3 is 19.7 Å². The minimum atomic E-state index is -0.280. The van der Waals surface area contributed by atoms with Gasteiger partial charge in [-0.05, 0) is 54.5 Å². The molecule has 1 atom stereocenters. The van der Waals surface area contributed by atoms with Gasteiger partial charge in [-0.2, -0.15) is 10.4 Å². The molecule has 1 saturated heterocycles. The number of aromatic nitrogens is 3. The number of aromatic amines is 1. The lowest BCUT2D eigenvalue weighted by Gasteiger charge is -2.17. The van der Waals surface area contributed by atoms with Crippen LogP contribution in [0, 0.1) is 11.3 Å². The lowest BCUT2D eigenvalue weighted by Crippen LogP contribution is -2.32. The number of para-hydroxylation sites is 1. The van der Waals surface area contributed by atoms with Crippen LogP contribution in [0.15, 0.2) is 103 Å². The van der Waals surface area contributed by atoms with E-state index >= 15 is 0 Å². The summed E-state index contributed by atoms with van der Waals surface area (Å²) in [7, 11) is 0. The summed E-state index contributed by atoms with van der Waals surface area (Å²) < 4.78 is 12.1. The topological polar surface area (TPSA) is 116 Å². The molecule has 0 unspecified atom stereocenters. The fourth-order valence-electron chi connectivity index (χ4n) is 4.72. The van der Waals surface area contributed by atoms with Crippen molar-refractivity contribution in [3.8, 4) is 29.1 Å². The summed E-state index contributed by atoms with van der Waals surface area (Å²) in [6.07, 6.45) is 3.99. The highest BCUT2D eigenvalue weighted by Crippen LogP contribution is 2.34. The summed E-state index contributed by atoms with van der Waals surface area (Å²) >= 11 is 0. The van der Waals surface area contributed by atoms with E-state index in [4.69, 9.17) is 9.47 Å². The van der Waals surface area contributed by atoms with E-state index in [0.29, 0.717) is 53.6 Å². The molecular weight excluding hydrogens is 516 g/mol. The summed E-state index contributed by atoms with van der Waals surface area (Å²) in [4.78, 5) is 19.2. The van der Waals surface area contributed by atoms with Crippen LogP contribution in [-0.2, 0) is 4.79 Å². The molecule has 6 rings (SSSR count). The second-order valence-electron chi connectivity index (χ2n) is 9.56. The number of fused-ring (bicyclic) bond motifs is 1. The fraction of sp³-hybridized carbons (Fsp3) is 0.125. The molecule has 1 amide bonds. The molecule has 5 aromatic rings. The molecule has 9 nitrogen and oxygen atoms in total. The Morgan fingerprint density at radius 3 is 2.37 bits per heavy atom. The molecule has 1 aliphatic rings. The third-order valence-electron chi connectivity index (χ3n) is 6.73. The first-order valence-corrected chi connectivity index (χ1v) is 13.2. The first-order chi connectivity index (χ1) is 20.2. The molecule has 9 heteroatoms. The minimum Gasteiger partial charge on any atom is -0.457 e. The van der Waals surface area contributed by atoms with Crippen LogP contribution in [0.3, 0.4) is 0 Å². The number of nitriles is 1. The first-order valence-electron chi connectivity index (χ1n) is 13.2. The standard InChI is InChI=1S/C32H26N6O3/c33-20-23(19-22-7-3-1-4-8-22)32(39)38-18-16-24(21-38)35-31-29-28(15-17-34-30(29)36-37-31)41-27-13-11-26(12-14-27)40-25-9-5-2-6-10-25/h1-15,17,19,24H,16,18,21H2,(H2,34,35,36,37)/b23-19-/t24-/m1/s1. The number of benzene rings is 3. The molecule has 1 fully saturated rings. The summed E-state index contributed by atoms with van der Waals surface area (Å²) in [6.45, 7) is 0.978. The average Bonchev–Trinajstić information content (AvgIpc) is 3.66. The highest BCUT2D eigenvalue weighted by molar-refractivity contribution is 6.02. The number of rotatable bonds is 8. The normalized spacial score (nSPS) is 15.0. The van der Waals surface area contributed by atoms with E-state index < -0.39 is 0 Å². The van der Waals surface area contributed by atoms with Gasteiger partial charge >= 0.3 is 0 Å². The van der Waals surface area contributed by atoms with Gasteiger partial charge in [0, 0.05) is 31.4 Å². The van der Waals surface area contributed by atoms with Crippen LogP contribution in [-0.4, -0.2) is 45.1 Å². The SMILES string of the molecule is N#C/C(=C/c1ccccc1)C(=O)N1CC[C@@H](Nc2n[nH]c3nccc(Oc4ccc(Oc5ccccc5)cc4)c23)C1. The maximum absolute atomic E-state index is 13.1. The van der Waals surface area contributed by atoms with Gasteiger partial charge in [-0.15, -0.1) is 0 Å². The van der Waals surface area contributed by atoms with Gasteiger partial charge in [0.1, 0.15) is 40.0 Å². The van der Waals surface area contributed by atoms with Gasteiger partial charge in [-0.1, -0.05) is 48.5 Å². The number of hydrogen-bond acceptors (Lipinski definition) is 7. The Balaban J connectivity index is 1.14. The highest BCUT2D eigenvalue weighted by Gasteiger charge is 2.29. The zero-order valence-electron chi connectivity index (χ0n) is 22.0. The van der Waals surface area contributed by atoms with Crippen molar-refractivity contribution in [2.24, 2.45) is 0 Å². The number of likely N-dealkylation sites (tertiary alicyclic amines) is 1. The van der Waals surface area contributed by atoms with Gasteiger partial charge in [0.25, 0.3) is 5.91 Å². The molecule has 3 aromatic carbocycles. The monoisotopic (exact) mass is 542 g/mol. The summed E-state index contributed by atoms with van der Waals surface area (Å²) in [6, 6.07) is 30.1. The number of anilines is 1. The van der Waals surface area contributed by atoms with Crippen LogP contribution >= 0.6 is 0 Å². The molecule has 0 aliphatic carbocycles. The molecule has 0 spiro atoms. The molecular formula is C32H26N6O3. The largest absolute Gasteiger partial charge is 0.457 e. The zero-order chi connectivity index (χ0) is 28.0. The fourth-order valence-corrected chi connectivity index (χ4v) is 4.72. The van der Waals surface area contributed by atoms with Crippen molar-refractivity contribution in [3.63, 3.8) is 0 Å². The van der Waals surface area contributed by atoms with E-state index in [1.807, 2.05) is 84.9 Å². The summed E-state index contributed by atoms with van der Waals surface area (Å²) in [5.41, 5.74) is 1.51. The number of nitrogens with one attached hydrogen (secondary N) is 2. The van der Waals surface area contributed by atoms with Gasteiger partial charge in [0.05, 0.1) is 0 Å². The number of amides is 1. The van der Waals surface area contributed by atoms with Crippen molar-refractivity contribution < 1.29 is 14.3 Å². The Labute approximate surface area is 236 Å². The predicted molar refractivity (Wildman–Crippen MR) is 156 cm³/mol. The van der Waals surface area contributed by atoms with Gasteiger partial charge in [0.15, 0.2) is 11.5 Å². The summed E-state index contributed by atoms with van der Waals surface area (Å²) in [5.74, 6) is 3.00. The van der Waals surface area contributed by atoms with Crippen molar-refractivity contribution in [1.29, 1.82) is 5.26 Å². The Morgan fingerprint density at radius 2 is 1.63 bits per heavy atom. The van der Waals surface area contributed by atoms with E-state index in [1.165, 1.54) is 0 Å². The maximum atomic E-state index is 13.1. The maximum Gasteiger partial charge on any atom is 0.264 e. The van der Waals surface area contributed by atoms with Crippen LogP contribution in [0.25, 0.3) is 17.1 Å². The van der Waals surface area contributed by atoms with Gasteiger partial charge in [-0.25, -0.2) is 4.98 Å². The minimum absolute atomic E-state index is 0.0513. The van der Waals surface area contributed by atoms with E-state index in [2.05, 4.69) is 26.6 Å². The van der Waals surface area contributed by atoms with Crippen LogP contribution in [0.2, 0.25) is 0 Å². The molecule has 41 heavy (non-hydrogen) atoms. The molecule has 3 heterocycles. The molecule has 0 bridgehead atoms. The molecule has 1 aliphatic heterocycles. The third kappa shape index (κ3) is 5.87. The Bertz CT molecular complexity index is 1730. The number of carbonyl (C=O) groups excluding carboxylic acids is 1. The van der Waals surface area contributed by atoms with E-state index in [-0.39, 0.29) is 17.5 Å². The predicted octanol–water partition coefficient (Wildman–Crippen LogP) is 6.16. The molecule has 0 saturated carbocycles. The first kappa shape index (κ1) is 25.6. The van der Waals surface area contributed by atoms with Crippen molar-refractivity contribution in [3.05, 3.63) is 108 Å². The van der Waals surface area contributed by atoms with Crippen molar-refractivity contribution in [2.75, 3.05) is 18.4 Å². The van der Waals surface area contributed by atoms with Crippen LogP contribution in [0.4, 0.5) is 5.82 Å². The van der Waals surface area contributed by atoms with E-state index in [9.17, 15) is 10.1 Å². The van der Waals surface area contributed by atoms with Crippen LogP contribution in [0.5, 0.6) is 23.0 Å². The van der Waals surface area contributed by atoms with E-state index in [1.54, 1.807) is 23.2 Å². The zero-order valence-corrected chi connectivity index (χ0v) is 22.0. The number of nitrogens with zero attached hydrogens (tertiary/aromatic N) is 4. The number of hydrogen-bond donors (Lipinski definition) is 2. The Morgan fingerprint density at radius 1 is 0.951 bits per heavy atom. The van der Waals surface area contributed by atoms with Gasteiger partial charge in [-0.3, -0.25) is 9.89 Å². The van der Waals surface area contributed by atoms with Gasteiger partial charge in [0.2, 0.25) is 0 Å². The number of pyridine rings is 1.